The second-order valence-corrected chi connectivity index (χ2v) is 10.9. The first kappa shape index (κ1) is 28.6. The lowest BCUT2D eigenvalue weighted by molar-refractivity contribution is -0.130. The highest BCUT2D eigenvalue weighted by molar-refractivity contribution is 7.89. The molecule has 37 heavy (non-hydrogen) atoms. The zero-order valence-electron chi connectivity index (χ0n) is 20.9. The number of benzene rings is 3. The van der Waals surface area contributed by atoms with Gasteiger partial charge in [-0.3, -0.25) is 4.79 Å². The molecule has 0 aliphatic carbocycles. The highest BCUT2D eigenvalue weighted by Gasteiger charge is 2.28. The van der Waals surface area contributed by atoms with Gasteiger partial charge in [0.2, 0.25) is 21.7 Å². The SMILES string of the molecule is COc1cc(CN(C)C(=O)CN(Cc2ccc(Cl)cc2)S(=O)(=O)c2ccc(Cl)cc2)cc(OC)c1OC. The Kier molecular flexibility index (Phi) is 9.67. The van der Waals surface area contributed by atoms with Crippen molar-refractivity contribution >= 4 is 39.1 Å². The molecule has 11 heteroatoms. The third kappa shape index (κ3) is 7.07. The summed E-state index contributed by atoms with van der Waals surface area (Å²) in [6, 6.07) is 16.1. The Bertz CT molecular complexity index is 1310. The third-order valence-corrected chi connectivity index (χ3v) is 7.92. The highest BCUT2D eigenvalue weighted by atomic mass is 35.5. The van der Waals surface area contributed by atoms with Crippen molar-refractivity contribution in [2.75, 3.05) is 34.9 Å². The summed E-state index contributed by atoms with van der Waals surface area (Å²) < 4.78 is 44.3. The van der Waals surface area contributed by atoms with Crippen LogP contribution in [0.15, 0.2) is 65.6 Å². The van der Waals surface area contributed by atoms with Gasteiger partial charge in [0, 0.05) is 30.2 Å². The second kappa shape index (κ2) is 12.5. The van der Waals surface area contributed by atoms with Gasteiger partial charge in [-0.25, -0.2) is 8.42 Å². The average Bonchev–Trinajstić information content (AvgIpc) is 2.88. The van der Waals surface area contributed by atoms with Gasteiger partial charge >= 0.3 is 0 Å². The zero-order chi connectivity index (χ0) is 27.2. The Morgan fingerprint density at radius 2 is 1.30 bits per heavy atom. The molecule has 0 atom stereocenters. The number of carbonyl (C=O) groups excluding carboxylic acids is 1. The van der Waals surface area contributed by atoms with E-state index in [-0.39, 0.29) is 24.5 Å². The summed E-state index contributed by atoms with van der Waals surface area (Å²) in [6.07, 6.45) is 0. The van der Waals surface area contributed by atoms with E-state index in [1.165, 1.54) is 50.5 Å². The molecule has 1 amide bonds. The number of hydrogen-bond acceptors (Lipinski definition) is 6. The smallest absolute Gasteiger partial charge is 0.243 e. The van der Waals surface area contributed by atoms with Crippen molar-refractivity contribution in [2.24, 2.45) is 0 Å². The van der Waals surface area contributed by atoms with Crippen LogP contribution < -0.4 is 14.2 Å². The van der Waals surface area contributed by atoms with Crippen molar-refractivity contribution in [3.05, 3.63) is 81.8 Å². The van der Waals surface area contributed by atoms with Gasteiger partial charge in [0.25, 0.3) is 0 Å². The van der Waals surface area contributed by atoms with Crippen LogP contribution in [-0.2, 0) is 27.9 Å². The minimum Gasteiger partial charge on any atom is -0.493 e. The number of nitrogens with zero attached hydrogens (tertiary/aromatic N) is 2. The van der Waals surface area contributed by atoms with E-state index in [1.807, 2.05) is 0 Å². The van der Waals surface area contributed by atoms with E-state index in [4.69, 9.17) is 37.4 Å². The van der Waals surface area contributed by atoms with E-state index in [9.17, 15) is 13.2 Å². The van der Waals surface area contributed by atoms with E-state index in [2.05, 4.69) is 0 Å². The molecule has 0 aliphatic rings. The second-order valence-electron chi connectivity index (χ2n) is 8.14. The van der Waals surface area contributed by atoms with Crippen LogP contribution in [0.25, 0.3) is 0 Å². The van der Waals surface area contributed by atoms with Crippen LogP contribution >= 0.6 is 23.2 Å². The first-order chi connectivity index (χ1) is 17.6. The fourth-order valence-electron chi connectivity index (χ4n) is 3.64. The molecule has 0 N–H and O–H groups in total. The molecule has 3 rings (SSSR count). The first-order valence-corrected chi connectivity index (χ1v) is 13.3. The molecular formula is C26H28Cl2N2O6S. The van der Waals surface area contributed by atoms with Crippen LogP contribution in [0.4, 0.5) is 0 Å². The van der Waals surface area contributed by atoms with Crippen LogP contribution in [0.2, 0.25) is 10.0 Å². The van der Waals surface area contributed by atoms with Gasteiger partial charge in [-0.2, -0.15) is 4.31 Å². The van der Waals surface area contributed by atoms with Gasteiger partial charge in [0.05, 0.1) is 32.8 Å². The molecule has 0 fully saturated rings. The molecular weight excluding hydrogens is 539 g/mol. The van der Waals surface area contributed by atoms with Gasteiger partial charge in [-0.15, -0.1) is 0 Å². The minimum absolute atomic E-state index is 0.0219. The number of carbonyl (C=O) groups is 1. The van der Waals surface area contributed by atoms with Crippen molar-refractivity contribution in [1.29, 1.82) is 0 Å². The molecule has 3 aromatic carbocycles. The maximum absolute atomic E-state index is 13.5. The van der Waals surface area contributed by atoms with Crippen molar-refractivity contribution in [2.45, 2.75) is 18.0 Å². The molecule has 0 aliphatic heterocycles. The maximum Gasteiger partial charge on any atom is 0.243 e. The maximum atomic E-state index is 13.5. The van der Waals surface area contributed by atoms with Crippen molar-refractivity contribution < 1.29 is 27.4 Å². The summed E-state index contributed by atoms with van der Waals surface area (Å²) in [5.41, 5.74) is 1.40. The molecule has 0 unspecified atom stereocenters. The van der Waals surface area contributed by atoms with Crippen molar-refractivity contribution in [3.63, 3.8) is 0 Å². The molecule has 0 heterocycles. The quantitative estimate of drug-likeness (QED) is 0.329. The van der Waals surface area contributed by atoms with Crippen molar-refractivity contribution in [3.8, 4) is 17.2 Å². The lowest BCUT2D eigenvalue weighted by Crippen LogP contribution is -2.40. The fourth-order valence-corrected chi connectivity index (χ4v) is 5.26. The highest BCUT2D eigenvalue weighted by Crippen LogP contribution is 2.38. The summed E-state index contributed by atoms with van der Waals surface area (Å²) >= 11 is 11.9. The Morgan fingerprint density at radius 3 is 1.78 bits per heavy atom. The monoisotopic (exact) mass is 566 g/mol. The summed E-state index contributed by atoms with van der Waals surface area (Å²) in [6.45, 7) is -0.217. The first-order valence-electron chi connectivity index (χ1n) is 11.1. The van der Waals surface area contributed by atoms with E-state index in [0.29, 0.717) is 32.9 Å². The third-order valence-electron chi connectivity index (χ3n) is 5.61. The molecule has 0 saturated carbocycles. The zero-order valence-corrected chi connectivity index (χ0v) is 23.2. The van der Waals surface area contributed by atoms with E-state index in [0.717, 1.165) is 9.87 Å². The van der Waals surface area contributed by atoms with Crippen LogP contribution in [0.3, 0.4) is 0 Å². The number of sulfonamides is 1. The number of hydrogen-bond donors (Lipinski definition) is 0. The molecule has 0 radical (unpaired) electrons. The Hall–Kier alpha value is -2.98. The van der Waals surface area contributed by atoms with Gasteiger partial charge in [0.1, 0.15) is 0 Å². The lowest BCUT2D eigenvalue weighted by Gasteiger charge is -2.25. The standard InChI is InChI=1S/C26H28Cl2N2O6S/c1-29(15-19-13-23(34-2)26(36-4)24(14-19)35-3)25(31)17-30(16-18-5-7-20(27)8-6-18)37(32,33)22-11-9-21(28)10-12-22/h5-14H,15-17H2,1-4H3. The van der Waals surface area contributed by atoms with Gasteiger partial charge in [0.15, 0.2) is 11.5 Å². The largest absolute Gasteiger partial charge is 0.493 e. The number of ether oxygens (including phenoxy) is 3. The molecule has 198 valence electrons. The minimum atomic E-state index is -4.02. The molecule has 0 saturated heterocycles. The Balaban J connectivity index is 1.87. The van der Waals surface area contributed by atoms with E-state index >= 15 is 0 Å². The molecule has 0 spiro atoms. The summed E-state index contributed by atoms with van der Waals surface area (Å²) in [7, 11) is 2.10. The predicted molar refractivity (Wildman–Crippen MR) is 143 cm³/mol. The Labute approximate surface area is 227 Å². The predicted octanol–water partition coefficient (Wildman–Crippen LogP) is 4.87. The molecule has 0 bridgehead atoms. The van der Waals surface area contributed by atoms with Gasteiger partial charge < -0.3 is 19.1 Å². The van der Waals surface area contributed by atoms with Crippen LogP contribution in [0, 0.1) is 0 Å². The van der Waals surface area contributed by atoms with E-state index in [1.54, 1.807) is 43.4 Å². The number of rotatable bonds is 11. The van der Waals surface area contributed by atoms with Crippen LogP contribution in [0.5, 0.6) is 17.2 Å². The topological polar surface area (TPSA) is 85.4 Å². The van der Waals surface area contributed by atoms with Gasteiger partial charge in [-0.05, 0) is 59.7 Å². The summed E-state index contributed by atoms with van der Waals surface area (Å²) in [5.74, 6) is 0.936. The number of amides is 1. The Morgan fingerprint density at radius 1 is 0.784 bits per heavy atom. The summed E-state index contributed by atoms with van der Waals surface area (Å²) in [4.78, 5) is 14.7. The van der Waals surface area contributed by atoms with Crippen LogP contribution in [0.1, 0.15) is 11.1 Å². The molecule has 0 aromatic heterocycles. The molecule has 3 aromatic rings. The van der Waals surface area contributed by atoms with Crippen molar-refractivity contribution in [1.82, 2.24) is 9.21 Å². The number of likely N-dealkylation sites (N-methyl/N-ethyl adjacent to an activating group) is 1. The summed E-state index contributed by atoms with van der Waals surface area (Å²) in [5, 5.41) is 0.932. The fraction of sp³-hybridized carbons (Fsp3) is 0.269. The van der Waals surface area contributed by atoms with Gasteiger partial charge in [-0.1, -0.05) is 35.3 Å². The average molecular weight is 567 g/mol. The normalized spacial score (nSPS) is 11.3. The lowest BCUT2D eigenvalue weighted by atomic mass is 10.1. The number of methoxy groups -OCH3 is 3. The number of halogens is 2. The molecule has 8 nitrogen and oxygen atoms in total. The van der Waals surface area contributed by atoms with E-state index < -0.39 is 15.9 Å². The van der Waals surface area contributed by atoms with Crippen LogP contribution in [-0.4, -0.2) is 58.5 Å².